The van der Waals surface area contributed by atoms with Crippen LogP contribution in [0.2, 0.25) is 0 Å². The molecule has 6 heteroatoms. The maximum absolute atomic E-state index is 13.4. The molecule has 0 bridgehead atoms. The second-order valence-corrected chi connectivity index (χ2v) is 9.36. The molecule has 0 radical (unpaired) electrons. The lowest BCUT2D eigenvalue weighted by molar-refractivity contribution is -0.131. The van der Waals surface area contributed by atoms with Gasteiger partial charge in [0.15, 0.2) is 0 Å². The van der Waals surface area contributed by atoms with Crippen LogP contribution in [0.1, 0.15) is 43.7 Å². The van der Waals surface area contributed by atoms with Crippen LogP contribution < -0.4 is 4.90 Å². The van der Waals surface area contributed by atoms with E-state index in [1.807, 2.05) is 64.4 Å². The molecule has 2 aliphatic heterocycles. The van der Waals surface area contributed by atoms with Crippen molar-refractivity contribution in [1.29, 1.82) is 0 Å². The molecule has 0 spiro atoms. The Morgan fingerprint density at radius 1 is 0.882 bits per heavy atom. The van der Waals surface area contributed by atoms with Crippen LogP contribution in [0.5, 0.6) is 0 Å². The van der Waals surface area contributed by atoms with Crippen molar-refractivity contribution in [1.82, 2.24) is 9.80 Å². The smallest absolute Gasteiger partial charge is 0.227 e. The summed E-state index contributed by atoms with van der Waals surface area (Å²) in [5.74, 6) is 0.175. The summed E-state index contributed by atoms with van der Waals surface area (Å²) in [4.78, 5) is 32.5. The highest BCUT2D eigenvalue weighted by Crippen LogP contribution is 2.25. The van der Waals surface area contributed by atoms with E-state index in [0.29, 0.717) is 32.1 Å². The van der Waals surface area contributed by atoms with Gasteiger partial charge in [0.1, 0.15) is 0 Å². The zero-order valence-electron chi connectivity index (χ0n) is 20.3. The monoisotopic (exact) mass is 463 g/mol. The molecule has 2 aromatic carbocycles. The quantitative estimate of drug-likeness (QED) is 0.693. The van der Waals surface area contributed by atoms with E-state index >= 15 is 0 Å². The van der Waals surface area contributed by atoms with E-state index in [0.717, 1.165) is 68.8 Å². The Balaban J connectivity index is 1.58. The first-order chi connectivity index (χ1) is 16.6. The number of rotatable bonds is 3. The van der Waals surface area contributed by atoms with Crippen molar-refractivity contribution in [2.45, 2.75) is 51.6 Å². The Hall–Kier alpha value is -2.70. The SMILES string of the molecule is CC(=O)N1CCCN(C2CCOCC2)CCCN(C(=O)Cc2ccccc2)Cc2ccccc21. The lowest BCUT2D eigenvalue weighted by Crippen LogP contribution is -2.44. The third-order valence-corrected chi connectivity index (χ3v) is 6.98. The van der Waals surface area contributed by atoms with Gasteiger partial charge in [-0.3, -0.25) is 9.59 Å². The first-order valence-corrected chi connectivity index (χ1v) is 12.6. The molecular weight excluding hydrogens is 426 g/mol. The van der Waals surface area contributed by atoms with Crippen molar-refractivity contribution in [3.05, 3.63) is 65.7 Å². The highest BCUT2D eigenvalue weighted by Gasteiger charge is 2.25. The number of hydrogen-bond acceptors (Lipinski definition) is 4. The van der Waals surface area contributed by atoms with E-state index in [-0.39, 0.29) is 11.8 Å². The van der Waals surface area contributed by atoms with Crippen LogP contribution in [-0.2, 0) is 27.3 Å². The summed E-state index contributed by atoms with van der Waals surface area (Å²) in [6.45, 7) is 7.09. The molecule has 0 saturated carbocycles. The molecule has 2 aromatic rings. The van der Waals surface area contributed by atoms with Gasteiger partial charge in [-0.25, -0.2) is 0 Å². The van der Waals surface area contributed by atoms with Gasteiger partial charge in [-0.05, 0) is 42.9 Å². The van der Waals surface area contributed by atoms with E-state index < -0.39 is 0 Å². The highest BCUT2D eigenvalue weighted by atomic mass is 16.5. The van der Waals surface area contributed by atoms with Gasteiger partial charge in [-0.2, -0.15) is 0 Å². The molecular formula is C28H37N3O3. The molecule has 0 aromatic heterocycles. The largest absolute Gasteiger partial charge is 0.381 e. The minimum atomic E-state index is 0.0456. The normalized spacial score (nSPS) is 19.1. The maximum atomic E-state index is 13.4. The van der Waals surface area contributed by atoms with Crippen LogP contribution in [0.4, 0.5) is 5.69 Å². The number of fused-ring (bicyclic) bond motifs is 1. The number of benzene rings is 2. The average molecular weight is 464 g/mol. The first-order valence-electron chi connectivity index (χ1n) is 12.6. The molecule has 1 fully saturated rings. The molecule has 0 atom stereocenters. The van der Waals surface area contributed by atoms with Crippen LogP contribution in [0.15, 0.2) is 54.6 Å². The highest BCUT2D eigenvalue weighted by molar-refractivity contribution is 5.92. The number of carbonyl (C=O) groups is 2. The predicted octanol–water partition coefficient (Wildman–Crippen LogP) is 3.89. The second-order valence-electron chi connectivity index (χ2n) is 9.36. The Bertz CT molecular complexity index is 943. The number of para-hydroxylation sites is 1. The Morgan fingerprint density at radius 2 is 1.56 bits per heavy atom. The zero-order chi connectivity index (χ0) is 23.8. The van der Waals surface area contributed by atoms with Crippen LogP contribution in [0, 0.1) is 0 Å². The fourth-order valence-corrected chi connectivity index (χ4v) is 5.16. The average Bonchev–Trinajstić information content (AvgIpc) is 2.85. The molecule has 2 amide bonds. The van der Waals surface area contributed by atoms with Gasteiger partial charge >= 0.3 is 0 Å². The summed E-state index contributed by atoms with van der Waals surface area (Å²) in [7, 11) is 0. The summed E-state index contributed by atoms with van der Waals surface area (Å²) >= 11 is 0. The second kappa shape index (κ2) is 12.1. The van der Waals surface area contributed by atoms with E-state index in [4.69, 9.17) is 4.74 Å². The third kappa shape index (κ3) is 6.45. The Kier molecular flexibility index (Phi) is 8.72. The van der Waals surface area contributed by atoms with E-state index in [1.165, 1.54) is 0 Å². The fraction of sp³-hybridized carbons (Fsp3) is 0.500. The van der Waals surface area contributed by atoms with Gasteiger partial charge in [0.05, 0.1) is 6.42 Å². The fourth-order valence-electron chi connectivity index (χ4n) is 5.16. The zero-order valence-corrected chi connectivity index (χ0v) is 20.3. The third-order valence-electron chi connectivity index (χ3n) is 6.98. The number of anilines is 1. The lowest BCUT2D eigenvalue weighted by Gasteiger charge is -2.36. The van der Waals surface area contributed by atoms with Gasteiger partial charge in [0, 0.05) is 64.6 Å². The minimum absolute atomic E-state index is 0.0456. The number of ether oxygens (including phenoxy) is 1. The standard InChI is InChI=1S/C28H37N3O3/c1-23(32)31-18-8-16-29(26-13-19-34-20-14-26)15-7-17-30(22-25-11-5-6-12-27(25)31)28(33)21-24-9-3-2-4-10-24/h2-6,9-12,26H,7-8,13-22H2,1H3. The molecule has 1 saturated heterocycles. The summed E-state index contributed by atoms with van der Waals surface area (Å²) < 4.78 is 5.59. The molecule has 182 valence electrons. The lowest BCUT2D eigenvalue weighted by atomic mass is 10.1. The van der Waals surface area contributed by atoms with E-state index in [2.05, 4.69) is 4.90 Å². The van der Waals surface area contributed by atoms with Crippen LogP contribution in [0.25, 0.3) is 0 Å². The molecule has 2 aliphatic rings. The van der Waals surface area contributed by atoms with Crippen molar-refractivity contribution in [3.63, 3.8) is 0 Å². The van der Waals surface area contributed by atoms with Gasteiger partial charge in [-0.1, -0.05) is 48.5 Å². The minimum Gasteiger partial charge on any atom is -0.381 e. The van der Waals surface area contributed by atoms with Gasteiger partial charge < -0.3 is 19.4 Å². The number of nitrogens with zero attached hydrogens (tertiary/aromatic N) is 3. The summed E-state index contributed by atoms with van der Waals surface area (Å²) in [6, 6.07) is 18.5. The van der Waals surface area contributed by atoms with Crippen LogP contribution in [0.3, 0.4) is 0 Å². The van der Waals surface area contributed by atoms with E-state index in [9.17, 15) is 9.59 Å². The first kappa shape index (κ1) is 24.4. The summed E-state index contributed by atoms with van der Waals surface area (Å²) in [5, 5.41) is 0. The summed E-state index contributed by atoms with van der Waals surface area (Å²) in [6.07, 6.45) is 4.37. The molecule has 0 unspecified atom stereocenters. The maximum Gasteiger partial charge on any atom is 0.227 e. The Labute approximate surface area is 203 Å². The molecule has 34 heavy (non-hydrogen) atoms. The molecule has 4 rings (SSSR count). The van der Waals surface area contributed by atoms with Crippen molar-refractivity contribution < 1.29 is 14.3 Å². The van der Waals surface area contributed by atoms with Gasteiger partial charge in [0.2, 0.25) is 11.8 Å². The summed E-state index contributed by atoms with van der Waals surface area (Å²) in [5.41, 5.74) is 2.98. The van der Waals surface area contributed by atoms with Crippen molar-refractivity contribution in [2.24, 2.45) is 0 Å². The molecule has 2 heterocycles. The van der Waals surface area contributed by atoms with E-state index in [1.54, 1.807) is 6.92 Å². The molecule has 0 N–H and O–H groups in total. The van der Waals surface area contributed by atoms with Crippen LogP contribution in [-0.4, -0.2) is 67.0 Å². The number of amides is 2. The molecule has 0 aliphatic carbocycles. The molecule has 6 nitrogen and oxygen atoms in total. The van der Waals surface area contributed by atoms with Crippen molar-refractivity contribution >= 4 is 17.5 Å². The van der Waals surface area contributed by atoms with Crippen molar-refractivity contribution in [3.8, 4) is 0 Å². The Morgan fingerprint density at radius 3 is 2.29 bits per heavy atom. The topological polar surface area (TPSA) is 53.1 Å². The van der Waals surface area contributed by atoms with Crippen LogP contribution >= 0.6 is 0 Å². The van der Waals surface area contributed by atoms with Gasteiger partial charge in [-0.15, -0.1) is 0 Å². The van der Waals surface area contributed by atoms with Crippen molar-refractivity contribution in [2.75, 3.05) is 44.3 Å². The number of hydrogen-bond donors (Lipinski definition) is 0. The van der Waals surface area contributed by atoms with Gasteiger partial charge in [0.25, 0.3) is 0 Å². The predicted molar refractivity (Wildman–Crippen MR) is 135 cm³/mol. The number of carbonyl (C=O) groups excluding carboxylic acids is 2.